The van der Waals surface area contributed by atoms with Gasteiger partial charge in [0.25, 0.3) is 0 Å². The summed E-state index contributed by atoms with van der Waals surface area (Å²) >= 11 is 0. The predicted molar refractivity (Wildman–Crippen MR) is 125 cm³/mol. The molecule has 1 aromatic heterocycles. The molecule has 0 spiro atoms. The summed E-state index contributed by atoms with van der Waals surface area (Å²) < 4.78 is 56.3. The summed E-state index contributed by atoms with van der Waals surface area (Å²) in [6.45, 7) is 3.77. The van der Waals surface area contributed by atoms with Crippen LogP contribution in [0.2, 0.25) is 0 Å². The van der Waals surface area contributed by atoms with Gasteiger partial charge >= 0.3 is 6.18 Å². The van der Waals surface area contributed by atoms with Crippen molar-refractivity contribution in [2.45, 2.75) is 31.7 Å². The van der Waals surface area contributed by atoms with E-state index in [4.69, 9.17) is 19.9 Å². The molecule has 1 fully saturated rings. The van der Waals surface area contributed by atoms with Crippen molar-refractivity contribution in [1.82, 2.24) is 15.0 Å². The number of rotatable bonds is 15. The van der Waals surface area contributed by atoms with Crippen molar-refractivity contribution < 1.29 is 27.4 Å². The van der Waals surface area contributed by atoms with Crippen LogP contribution >= 0.6 is 0 Å². The number of ether oxygens (including phenoxy) is 3. The minimum Gasteiger partial charge on any atom is -0.378 e. The lowest BCUT2D eigenvalue weighted by atomic mass is 10.1. The highest BCUT2D eigenvalue weighted by Gasteiger charge is 2.32. The molecule has 1 atom stereocenters. The molecule has 0 bridgehead atoms. The fraction of sp³-hybridized carbons (Fsp3) is 0.591. The summed E-state index contributed by atoms with van der Waals surface area (Å²) in [6.07, 6.45) is -2.45. The van der Waals surface area contributed by atoms with Gasteiger partial charge in [0.1, 0.15) is 0 Å². The Balaban J connectivity index is 1.60. The van der Waals surface area contributed by atoms with E-state index in [9.17, 15) is 13.2 Å². The lowest BCUT2D eigenvalue weighted by Crippen LogP contribution is -2.21. The molecule has 194 valence electrons. The van der Waals surface area contributed by atoms with Crippen LogP contribution in [-0.2, 0) is 26.9 Å². The average molecular weight is 500 g/mol. The van der Waals surface area contributed by atoms with E-state index in [2.05, 4.69) is 30.9 Å². The Kier molecular flexibility index (Phi) is 10.7. The highest BCUT2D eigenvalue weighted by atomic mass is 19.4. The normalized spacial score (nSPS) is 15.8. The first kappa shape index (κ1) is 26.9. The van der Waals surface area contributed by atoms with E-state index < -0.39 is 11.7 Å². The number of nitrogens with zero attached hydrogens (tertiary/aromatic N) is 3. The second-order valence-electron chi connectivity index (χ2n) is 7.77. The first-order valence-corrected chi connectivity index (χ1v) is 11.6. The van der Waals surface area contributed by atoms with Crippen LogP contribution < -0.4 is 21.7 Å². The fourth-order valence-electron chi connectivity index (χ4n) is 3.39. The van der Waals surface area contributed by atoms with Gasteiger partial charge in [0, 0.05) is 32.8 Å². The highest BCUT2D eigenvalue weighted by molar-refractivity contribution is 5.43. The number of benzene rings is 1. The maximum atomic E-state index is 13.3. The molecule has 0 radical (unpaired) electrons. The minimum absolute atomic E-state index is 0.0631. The molecule has 1 aliphatic heterocycles. The summed E-state index contributed by atoms with van der Waals surface area (Å²) in [5, 5.41) is 9.06. The van der Waals surface area contributed by atoms with Crippen LogP contribution in [-0.4, -0.2) is 73.7 Å². The number of nitrogens with one attached hydrogen (secondary N) is 3. The van der Waals surface area contributed by atoms with Gasteiger partial charge in [-0.15, -0.1) is 0 Å². The summed E-state index contributed by atoms with van der Waals surface area (Å²) in [7, 11) is 0. The van der Waals surface area contributed by atoms with Crippen molar-refractivity contribution >= 4 is 17.8 Å². The zero-order valence-electron chi connectivity index (χ0n) is 19.4. The van der Waals surface area contributed by atoms with E-state index in [-0.39, 0.29) is 30.1 Å². The van der Waals surface area contributed by atoms with E-state index in [1.807, 2.05) is 0 Å². The van der Waals surface area contributed by atoms with Crippen LogP contribution in [0.5, 0.6) is 0 Å². The molecule has 1 aliphatic rings. The zero-order valence-corrected chi connectivity index (χ0v) is 19.4. The molecule has 3 rings (SSSR count). The Hall–Kier alpha value is -2.74. The van der Waals surface area contributed by atoms with Gasteiger partial charge < -0.3 is 35.9 Å². The maximum Gasteiger partial charge on any atom is 0.416 e. The molecule has 13 heteroatoms. The molecule has 10 nitrogen and oxygen atoms in total. The maximum absolute atomic E-state index is 13.3. The molecule has 1 saturated heterocycles. The monoisotopic (exact) mass is 499 g/mol. The molecule has 0 aliphatic carbocycles. The molecule has 0 saturated carbocycles. The zero-order chi connectivity index (χ0) is 24.9. The van der Waals surface area contributed by atoms with Crippen molar-refractivity contribution in [1.29, 1.82) is 0 Å². The van der Waals surface area contributed by atoms with E-state index in [1.54, 1.807) is 6.07 Å². The third kappa shape index (κ3) is 9.43. The van der Waals surface area contributed by atoms with Crippen molar-refractivity contribution in [3.05, 3.63) is 35.4 Å². The molecule has 0 amide bonds. The van der Waals surface area contributed by atoms with Gasteiger partial charge in [-0.25, -0.2) is 0 Å². The van der Waals surface area contributed by atoms with Gasteiger partial charge in [0.15, 0.2) is 0 Å². The Morgan fingerprint density at radius 1 is 0.943 bits per heavy atom. The van der Waals surface area contributed by atoms with Crippen LogP contribution in [0.15, 0.2) is 24.3 Å². The van der Waals surface area contributed by atoms with Crippen molar-refractivity contribution in [3.8, 4) is 0 Å². The minimum atomic E-state index is -4.45. The number of nitrogens with two attached hydrogens (primary N) is 1. The standard InChI is InChI=1S/C22H32F3N7O3/c23-22(24,25)18-6-2-1-4-16(18)14-28-20-30-19(27-8-11-34-13-12-33-10-7-26)31-21(32-20)29-15-17-5-3-9-35-17/h1-2,4,6,17H,3,5,7-15,26H2,(H3,27,28,29,30,31,32). The van der Waals surface area contributed by atoms with E-state index in [1.165, 1.54) is 12.1 Å². The number of aromatic nitrogens is 3. The number of hydrogen-bond donors (Lipinski definition) is 4. The summed E-state index contributed by atoms with van der Waals surface area (Å²) in [4.78, 5) is 12.9. The number of alkyl halides is 3. The quantitative estimate of drug-likeness (QED) is 0.271. The molecule has 1 aromatic carbocycles. The molecule has 1 unspecified atom stereocenters. The van der Waals surface area contributed by atoms with Gasteiger partial charge in [-0.1, -0.05) is 18.2 Å². The van der Waals surface area contributed by atoms with E-state index in [0.29, 0.717) is 52.0 Å². The lowest BCUT2D eigenvalue weighted by molar-refractivity contribution is -0.138. The number of hydrogen-bond acceptors (Lipinski definition) is 10. The van der Waals surface area contributed by atoms with E-state index >= 15 is 0 Å². The van der Waals surface area contributed by atoms with Gasteiger partial charge in [-0.2, -0.15) is 28.1 Å². The second kappa shape index (κ2) is 14.0. The van der Waals surface area contributed by atoms with Crippen LogP contribution in [0.4, 0.5) is 31.0 Å². The molecule has 5 N–H and O–H groups in total. The number of anilines is 3. The van der Waals surface area contributed by atoms with Crippen molar-refractivity contribution in [2.24, 2.45) is 5.73 Å². The molecule has 2 aromatic rings. The SMILES string of the molecule is NCCOCCOCCNc1nc(NCc2ccccc2C(F)(F)F)nc(NCC2CCCO2)n1. The van der Waals surface area contributed by atoms with E-state index in [0.717, 1.165) is 25.5 Å². The number of halogens is 3. The molecular weight excluding hydrogens is 467 g/mol. The average Bonchev–Trinajstić information content (AvgIpc) is 3.36. The van der Waals surface area contributed by atoms with Crippen LogP contribution in [0.25, 0.3) is 0 Å². The van der Waals surface area contributed by atoms with Gasteiger partial charge in [0.05, 0.1) is 38.1 Å². The van der Waals surface area contributed by atoms with Crippen LogP contribution in [0.3, 0.4) is 0 Å². The Labute approximate surface area is 202 Å². The molecule has 2 heterocycles. The lowest BCUT2D eigenvalue weighted by Gasteiger charge is -2.15. The first-order chi connectivity index (χ1) is 17.0. The fourth-order valence-corrected chi connectivity index (χ4v) is 3.39. The largest absolute Gasteiger partial charge is 0.416 e. The van der Waals surface area contributed by atoms with Gasteiger partial charge in [-0.05, 0) is 24.5 Å². The highest BCUT2D eigenvalue weighted by Crippen LogP contribution is 2.32. The topological polar surface area (TPSA) is 128 Å². The van der Waals surface area contributed by atoms with Crippen molar-refractivity contribution in [2.75, 3.05) is 68.6 Å². The third-order valence-electron chi connectivity index (χ3n) is 5.07. The van der Waals surface area contributed by atoms with Crippen molar-refractivity contribution in [3.63, 3.8) is 0 Å². The summed E-state index contributed by atoms with van der Waals surface area (Å²) in [5.41, 5.74) is 4.74. The van der Waals surface area contributed by atoms with Crippen LogP contribution in [0, 0.1) is 0 Å². The van der Waals surface area contributed by atoms with Gasteiger partial charge in [0.2, 0.25) is 17.8 Å². The third-order valence-corrected chi connectivity index (χ3v) is 5.07. The Bertz CT molecular complexity index is 899. The Morgan fingerprint density at radius 3 is 2.31 bits per heavy atom. The first-order valence-electron chi connectivity index (χ1n) is 11.6. The Morgan fingerprint density at radius 2 is 1.63 bits per heavy atom. The second-order valence-corrected chi connectivity index (χ2v) is 7.77. The van der Waals surface area contributed by atoms with Crippen LogP contribution in [0.1, 0.15) is 24.0 Å². The summed E-state index contributed by atoms with van der Waals surface area (Å²) in [5.74, 6) is 0.704. The molecule has 35 heavy (non-hydrogen) atoms. The molecular formula is C22H32F3N7O3. The smallest absolute Gasteiger partial charge is 0.378 e. The predicted octanol–water partition coefficient (Wildman–Crippen LogP) is 2.50. The van der Waals surface area contributed by atoms with Gasteiger partial charge in [-0.3, -0.25) is 0 Å². The summed E-state index contributed by atoms with van der Waals surface area (Å²) in [6, 6.07) is 5.38.